The van der Waals surface area contributed by atoms with E-state index in [1.165, 1.54) is 0 Å². The molecule has 0 fully saturated rings. The van der Waals surface area contributed by atoms with E-state index in [4.69, 9.17) is 14.2 Å². The zero-order chi connectivity index (χ0) is 21.3. The first-order valence-electron chi connectivity index (χ1n) is 9.57. The summed E-state index contributed by atoms with van der Waals surface area (Å²) in [5, 5.41) is 9.69. The fourth-order valence-corrected chi connectivity index (χ4v) is 2.72. The highest BCUT2D eigenvalue weighted by Gasteiger charge is 2.15. The molecule has 3 rings (SSSR count). The number of nitrogens with zero attached hydrogens (tertiary/aromatic N) is 2. The molecule has 2 N–H and O–H groups in total. The van der Waals surface area contributed by atoms with Crippen LogP contribution in [0.1, 0.15) is 25.0 Å². The molecule has 0 saturated carbocycles. The Kier molecular flexibility index (Phi) is 7.24. The molecule has 1 aromatic heterocycles. The number of para-hydroxylation sites is 2. The Morgan fingerprint density at radius 3 is 2.43 bits per heavy atom. The van der Waals surface area contributed by atoms with Crippen molar-refractivity contribution in [3.05, 3.63) is 78.0 Å². The van der Waals surface area contributed by atoms with E-state index in [1.54, 1.807) is 31.5 Å². The molecule has 0 saturated heterocycles. The number of pyridine rings is 1. The van der Waals surface area contributed by atoms with Gasteiger partial charge in [0.2, 0.25) is 5.88 Å². The first-order valence-corrected chi connectivity index (χ1v) is 9.57. The molecule has 3 aromatic rings. The lowest BCUT2D eigenvalue weighted by Crippen LogP contribution is -2.21. The predicted molar refractivity (Wildman–Crippen MR) is 115 cm³/mol. The van der Waals surface area contributed by atoms with E-state index in [1.807, 2.05) is 56.3 Å². The highest BCUT2D eigenvalue weighted by Crippen LogP contribution is 2.32. The van der Waals surface area contributed by atoms with Crippen LogP contribution in [-0.2, 0) is 6.54 Å². The van der Waals surface area contributed by atoms with Gasteiger partial charge in [0.25, 0.3) is 0 Å². The molecule has 1 heterocycles. The Hall–Kier alpha value is -3.58. The lowest BCUT2D eigenvalue weighted by atomic mass is 10.2. The Labute approximate surface area is 175 Å². The Morgan fingerprint density at radius 1 is 1.03 bits per heavy atom. The molecule has 0 aliphatic carbocycles. The number of ether oxygens (including phenoxy) is 3. The Bertz CT molecular complexity index is 988. The maximum Gasteiger partial charge on any atom is 0.230 e. The summed E-state index contributed by atoms with van der Waals surface area (Å²) >= 11 is 0. The van der Waals surface area contributed by atoms with E-state index in [2.05, 4.69) is 15.5 Å². The van der Waals surface area contributed by atoms with E-state index in [0.29, 0.717) is 29.5 Å². The van der Waals surface area contributed by atoms with Crippen molar-refractivity contribution in [2.24, 2.45) is 4.99 Å². The zero-order valence-electron chi connectivity index (χ0n) is 17.2. The first-order chi connectivity index (χ1) is 14.6. The molecule has 0 spiro atoms. The van der Waals surface area contributed by atoms with Gasteiger partial charge in [-0.1, -0.05) is 24.3 Å². The normalized spacial score (nSPS) is 11.3. The van der Waals surface area contributed by atoms with Crippen molar-refractivity contribution >= 4 is 5.84 Å². The van der Waals surface area contributed by atoms with E-state index in [0.717, 1.165) is 11.3 Å². The molecule has 0 aliphatic heterocycles. The second-order valence-corrected chi connectivity index (χ2v) is 6.70. The third kappa shape index (κ3) is 5.48. The largest absolute Gasteiger partial charge is 0.497 e. The van der Waals surface area contributed by atoms with Gasteiger partial charge in [-0.05, 0) is 55.8 Å². The minimum absolute atomic E-state index is 0.00122. The van der Waals surface area contributed by atoms with E-state index in [9.17, 15) is 5.21 Å². The molecule has 2 aromatic carbocycles. The van der Waals surface area contributed by atoms with Crippen LogP contribution in [0.25, 0.3) is 0 Å². The molecule has 0 bridgehead atoms. The van der Waals surface area contributed by atoms with Crippen LogP contribution in [0.15, 0.2) is 71.9 Å². The number of hydrogen-bond donors (Lipinski definition) is 2. The maximum absolute atomic E-state index is 9.69. The zero-order valence-corrected chi connectivity index (χ0v) is 17.2. The Morgan fingerprint density at radius 2 is 1.77 bits per heavy atom. The van der Waals surface area contributed by atoms with Gasteiger partial charge in [-0.25, -0.2) is 4.98 Å². The maximum atomic E-state index is 9.69. The topological polar surface area (TPSA) is 85.2 Å². The number of benzene rings is 2. The highest BCUT2D eigenvalue weighted by molar-refractivity contribution is 6.00. The van der Waals surface area contributed by atoms with Crippen molar-refractivity contribution in [3.8, 4) is 23.1 Å². The number of aromatic nitrogens is 1. The average Bonchev–Trinajstić information content (AvgIpc) is 2.76. The molecule has 0 aliphatic rings. The summed E-state index contributed by atoms with van der Waals surface area (Å²) in [5.41, 5.74) is 3.64. The van der Waals surface area contributed by atoms with Gasteiger partial charge < -0.3 is 14.2 Å². The van der Waals surface area contributed by atoms with Crippen molar-refractivity contribution in [2.45, 2.75) is 26.5 Å². The van der Waals surface area contributed by atoms with Gasteiger partial charge in [0.1, 0.15) is 5.75 Å². The minimum atomic E-state index is -0.00122. The third-order valence-electron chi connectivity index (χ3n) is 4.13. The summed E-state index contributed by atoms with van der Waals surface area (Å²) in [6, 6.07) is 18.4. The van der Waals surface area contributed by atoms with Crippen LogP contribution in [0.3, 0.4) is 0 Å². The van der Waals surface area contributed by atoms with Crippen molar-refractivity contribution < 1.29 is 19.4 Å². The summed E-state index contributed by atoms with van der Waals surface area (Å²) in [4.78, 5) is 8.79. The third-order valence-corrected chi connectivity index (χ3v) is 4.13. The van der Waals surface area contributed by atoms with Gasteiger partial charge in [-0.15, -0.1) is 0 Å². The second kappa shape index (κ2) is 10.3. The number of hydroxylamine groups is 1. The lowest BCUT2D eigenvalue weighted by molar-refractivity contribution is 0.231. The van der Waals surface area contributed by atoms with Gasteiger partial charge in [-0.2, -0.15) is 0 Å². The summed E-state index contributed by atoms with van der Waals surface area (Å²) in [6.45, 7) is 4.25. The van der Waals surface area contributed by atoms with E-state index < -0.39 is 0 Å². The van der Waals surface area contributed by atoms with Crippen molar-refractivity contribution in [1.29, 1.82) is 0 Å². The van der Waals surface area contributed by atoms with Crippen molar-refractivity contribution in [3.63, 3.8) is 0 Å². The van der Waals surface area contributed by atoms with Gasteiger partial charge in [0, 0.05) is 6.20 Å². The number of aliphatic imine (C=N–C) groups is 1. The smallest absolute Gasteiger partial charge is 0.230 e. The summed E-state index contributed by atoms with van der Waals surface area (Å²) < 4.78 is 17.0. The van der Waals surface area contributed by atoms with Crippen molar-refractivity contribution in [2.75, 3.05) is 7.11 Å². The quantitative estimate of drug-likeness (QED) is 0.323. The highest BCUT2D eigenvalue weighted by atomic mass is 16.5. The summed E-state index contributed by atoms with van der Waals surface area (Å²) in [5.74, 6) is 2.45. The van der Waals surface area contributed by atoms with Crippen LogP contribution < -0.4 is 19.7 Å². The molecule has 0 atom stereocenters. The van der Waals surface area contributed by atoms with E-state index in [-0.39, 0.29) is 11.9 Å². The van der Waals surface area contributed by atoms with Gasteiger partial charge in [0.15, 0.2) is 17.3 Å². The molecule has 7 heteroatoms. The van der Waals surface area contributed by atoms with Crippen molar-refractivity contribution in [1.82, 2.24) is 10.5 Å². The molecule has 0 radical (unpaired) electrons. The second-order valence-electron chi connectivity index (χ2n) is 6.70. The van der Waals surface area contributed by atoms with Crippen LogP contribution in [0.5, 0.6) is 23.1 Å². The molecule has 30 heavy (non-hydrogen) atoms. The number of nitrogens with one attached hydrogen (secondary N) is 1. The van der Waals surface area contributed by atoms with Crippen LogP contribution in [-0.4, -0.2) is 29.2 Å². The van der Waals surface area contributed by atoms with Crippen LogP contribution in [0.4, 0.5) is 0 Å². The molecule has 0 unspecified atom stereocenters. The molecule has 156 valence electrons. The van der Waals surface area contributed by atoms with Crippen LogP contribution >= 0.6 is 0 Å². The lowest BCUT2D eigenvalue weighted by Gasteiger charge is -2.16. The number of hydrogen-bond acceptors (Lipinski definition) is 6. The standard InChI is InChI=1S/C23H25N3O4/c1-16(2)29-20-8-4-5-9-21(20)30-23-19(7-6-14-24-23)22(26-27)25-15-17-10-12-18(28-3)13-11-17/h4-14,16,27H,15H2,1-3H3,(H,25,26). The predicted octanol–water partition coefficient (Wildman–Crippen LogP) is 4.60. The minimum Gasteiger partial charge on any atom is -0.497 e. The fourth-order valence-electron chi connectivity index (χ4n) is 2.72. The molecular formula is C23H25N3O4. The van der Waals surface area contributed by atoms with Gasteiger partial charge in [0.05, 0.1) is 25.3 Å². The fraction of sp³-hybridized carbons (Fsp3) is 0.217. The SMILES string of the molecule is COc1ccc(CN=C(NO)c2cccnc2Oc2ccccc2OC(C)C)cc1. The van der Waals surface area contributed by atoms with Gasteiger partial charge in [-0.3, -0.25) is 15.7 Å². The van der Waals surface area contributed by atoms with E-state index >= 15 is 0 Å². The average molecular weight is 407 g/mol. The summed E-state index contributed by atoms with van der Waals surface area (Å²) in [7, 11) is 1.62. The number of amidine groups is 1. The monoisotopic (exact) mass is 407 g/mol. The molecule has 7 nitrogen and oxygen atoms in total. The van der Waals surface area contributed by atoms with Crippen LogP contribution in [0, 0.1) is 0 Å². The number of methoxy groups -OCH3 is 1. The summed E-state index contributed by atoms with van der Waals surface area (Å²) in [6.07, 6.45) is 1.61. The molecular weight excluding hydrogens is 382 g/mol. The molecule has 0 amide bonds. The van der Waals surface area contributed by atoms with Crippen LogP contribution in [0.2, 0.25) is 0 Å². The number of rotatable bonds is 8. The van der Waals surface area contributed by atoms with Gasteiger partial charge >= 0.3 is 0 Å². The Balaban J connectivity index is 1.86. The first kappa shape index (κ1) is 21.1.